The first kappa shape index (κ1) is 14.8. The van der Waals surface area contributed by atoms with E-state index in [1.165, 1.54) is 0 Å². The lowest BCUT2D eigenvalue weighted by molar-refractivity contribution is -0.157. The van der Waals surface area contributed by atoms with Gasteiger partial charge in [-0.2, -0.15) is 0 Å². The van der Waals surface area contributed by atoms with Crippen LogP contribution in [0.5, 0.6) is 0 Å². The van der Waals surface area contributed by atoms with Crippen molar-refractivity contribution in [2.75, 3.05) is 13.2 Å². The van der Waals surface area contributed by atoms with Gasteiger partial charge in [0.25, 0.3) is 5.91 Å². The van der Waals surface area contributed by atoms with Gasteiger partial charge in [0.1, 0.15) is 0 Å². The molecule has 1 N–H and O–H groups in total. The fraction of sp³-hybridized carbons (Fsp3) is 0.429. The first-order valence-electron chi connectivity index (χ1n) is 6.44. The Morgan fingerprint density at radius 3 is 2.75 bits per heavy atom. The molecule has 1 aromatic carbocycles. The number of hydrogen-bond acceptors (Lipinski definition) is 4. The van der Waals surface area contributed by atoms with Crippen LogP contribution in [-0.2, 0) is 25.6 Å². The average Bonchev–Trinajstić information content (AvgIpc) is 2.98. The fourth-order valence-electron chi connectivity index (χ4n) is 1.85. The van der Waals surface area contributed by atoms with Crippen molar-refractivity contribution in [1.82, 2.24) is 5.32 Å². The molecule has 0 bridgehead atoms. The van der Waals surface area contributed by atoms with Crippen molar-refractivity contribution in [2.45, 2.75) is 25.5 Å². The van der Waals surface area contributed by atoms with Gasteiger partial charge in [-0.15, -0.1) is 0 Å². The molecule has 0 aliphatic carbocycles. The molecule has 1 amide bonds. The lowest BCUT2D eigenvalue weighted by atomic mass is 10.2. The van der Waals surface area contributed by atoms with Crippen LogP contribution in [0.4, 0.5) is 0 Å². The van der Waals surface area contributed by atoms with Crippen LogP contribution in [0.25, 0.3) is 0 Å². The van der Waals surface area contributed by atoms with Crippen molar-refractivity contribution in [2.24, 2.45) is 0 Å². The van der Waals surface area contributed by atoms with Crippen LogP contribution < -0.4 is 5.32 Å². The molecule has 0 spiro atoms. The highest BCUT2D eigenvalue weighted by Crippen LogP contribution is 2.13. The van der Waals surface area contributed by atoms with Crippen LogP contribution in [0.3, 0.4) is 0 Å². The summed E-state index contributed by atoms with van der Waals surface area (Å²) in [7, 11) is 0. The van der Waals surface area contributed by atoms with Gasteiger partial charge in [-0.3, -0.25) is 4.79 Å². The van der Waals surface area contributed by atoms with Gasteiger partial charge >= 0.3 is 5.97 Å². The number of amides is 1. The molecule has 0 radical (unpaired) electrons. The van der Waals surface area contributed by atoms with Crippen molar-refractivity contribution in [1.29, 1.82) is 0 Å². The molecule has 108 valence electrons. The standard InChI is InChI=1S/C14H16ClNO4/c15-11-5-3-10(4-6-11)8-16-13(17)9-20-14(18)12-2-1-7-19-12/h3-6,12H,1-2,7-9H2,(H,16,17)/t12-/m1/s1. The Bertz CT molecular complexity index is 469. The van der Waals surface area contributed by atoms with E-state index >= 15 is 0 Å². The summed E-state index contributed by atoms with van der Waals surface area (Å²) < 4.78 is 10.1. The number of rotatable bonds is 5. The zero-order valence-corrected chi connectivity index (χ0v) is 11.7. The van der Waals surface area contributed by atoms with Crippen molar-refractivity contribution in [3.05, 3.63) is 34.9 Å². The first-order valence-corrected chi connectivity index (χ1v) is 6.82. The first-order chi connectivity index (χ1) is 9.65. The molecular weight excluding hydrogens is 282 g/mol. The Morgan fingerprint density at radius 2 is 2.10 bits per heavy atom. The quantitative estimate of drug-likeness (QED) is 0.840. The molecule has 5 nitrogen and oxygen atoms in total. The van der Waals surface area contributed by atoms with Crippen LogP contribution in [0.2, 0.25) is 5.02 Å². The highest BCUT2D eigenvalue weighted by molar-refractivity contribution is 6.30. The SMILES string of the molecule is O=C(COC(=O)[C@H]1CCCO1)NCc1ccc(Cl)cc1. The smallest absolute Gasteiger partial charge is 0.335 e. The molecule has 0 unspecified atom stereocenters. The number of nitrogens with one attached hydrogen (secondary N) is 1. The van der Waals surface area contributed by atoms with Crippen molar-refractivity contribution < 1.29 is 19.1 Å². The monoisotopic (exact) mass is 297 g/mol. The number of ether oxygens (including phenoxy) is 2. The van der Waals surface area contributed by atoms with Crippen LogP contribution in [0.15, 0.2) is 24.3 Å². The number of carbonyl (C=O) groups is 2. The van der Waals surface area contributed by atoms with E-state index in [0.29, 0.717) is 24.6 Å². The molecular formula is C14H16ClNO4. The van der Waals surface area contributed by atoms with Gasteiger partial charge in [0.15, 0.2) is 12.7 Å². The summed E-state index contributed by atoms with van der Waals surface area (Å²) in [6.07, 6.45) is 0.993. The summed E-state index contributed by atoms with van der Waals surface area (Å²) in [6, 6.07) is 7.14. The predicted octanol–water partition coefficient (Wildman–Crippen LogP) is 1.68. The third-order valence-corrected chi connectivity index (χ3v) is 3.19. The second-order valence-electron chi connectivity index (χ2n) is 4.51. The van der Waals surface area contributed by atoms with Crippen LogP contribution in [0, 0.1) is 0 Å². The van der Waals surface area contributed by atoms with E-state index in [9.17, 15) is 9.59 Å². The number of halogens is 1. The maximum Gasteiger partial charge on any atom is 0.335 e. The summed E-state index contributed by atoms with van der Waals surface area (Å²) in [4.78, 5) is 23.1. The Labute approximate surface area is 122 Å². The summed E-state index contributed by atoms with van der Waals surface area (Å²) in [6.45, 7) is 0.655. The summed E-state index contributed by atoms with van der Waals surface area (Å²) in [5.74, 6) is -0.810. The van der Waals surface area contributed by atoms with Gasteiger partial charge in [0.2, 0.25) is 0 Å². The number of esters is 1. The maximum atomic E-state index is 11.5. The molecule has 1 aliphatic heterocycles. The van der Waals surface area contributed by atoms with E-state index in [-0.39, 0.29) is 12.5 Å². The molecule has 6 heteroatoms. The summed E-state index contributed by atoms with van der Waals surface area (Å²) in [5.41, 5.74) is 0.924. The largest absolute Gasteiger partial charge is 0.454 e. The van der Waals surface area contributed by atoms with E-state index in [1.54, 1.807) is 12.1 Å². The molecule has 1 saturated heterocycles. The lowest BCUT2D eigenvalue weighted by Gasteiger charge is -2.10. The minimum Gasteiger partial charge on any atom is -0.454 e. The number of carbonyl (C=O) groups excluding carboxylic acids is 2. The van der Waals surface area contributed by atoms with E-state index in [2.05, 4.69) is 5.32 Å². The molecule has 0 aromatic heterocycles. The van der Waals surface area contributed by atoms with Crippen LogP contribution >= 0.6 is 11.6 Å². The van der Waals surface area contributed by atoms with E-state index in [4.69, 9.17) is 21.1 Å². The third-order valence-electron chi connectivity index (χ3n) is 2.94. The maximum absolute atomic E-state index is 11.5. The Morgan fingerprint density at radius 1 is 1.35 bits per heavy atom. The molecule has 20 heavy (non-hydrogen) atoms. The minimum absolute atomic E-state index is 0.285. The van der Waals surface area contributed by atoms with Gasteiger partial charge in [-0.1, -0.05) is 23.7 Å². The molecule has 1 aromatic rings. The van der Waals surface area contributed by atoms with E-state index < -0.39 is 12.1 Å². The predicted molar refractivity (Wildman–Crippen MR) is 73.2 cm³/mol. The fourth-order valence-corrected chi connectivity index (χ4v) is 1.97. The van der Waals surface area contributed by atoms with Crippen LogP contribution in [-0.4, -0.2) is 31.2 Å². The number of benzene rings is 1. The molecule has 2 rings (SSSR count). The second-order valence-corrected chi connectivity index (χ2v) is 4.95. The molecule has 1 heterocycles. The highest BCUT2D eigenvalue weighted by Gasteiger charge is 2.25. The summed E-state index contributed by atoms with van der Waals surface area (Å²) >= 11 is 5.76. The van der Waals surface area contributed by atoms with E-state index in [0.717, 1.165) is 12.0 Å². The van der Waals surface area contributed by atoms with Crippen molar-refractivity contribution in [3.63, 3.8) is 0 Å². The zero-order valence-electron chi connectivity index (χ0n) is 10.9. The zero-order chi connectivity index (χ0) is 14.4. The Balaban J connectivity index is 1.67. The molecule has 0 saturated carbocycles. The topological polar surface area (TPSA) is 64.6 Å². The number of hydrogen-bond donors (Lipinski definition) is 1. The van der Waals surface area contributed by atoms with Gasteiger partial charge in [0.05, 0.1) is 0 Å². The third kappa shape index (κ3) is 4.51. The van der Waals surface area contributed by atoms with Crippen molar-refractivity contribution >= 4 is 23.5 Å². The summed E-state index contributed by atoms with van der Waals surface area (Å²) in [5, 5.41) is 3.31. The molecule has 1 atom stereocenters. The van der Waals surface area contributed by atoms with Crippen molar-refractivity contribution in [3.8, 4) is 0 Å². The highest BCUT2D eigenvalue weighted by atomic mass is 35.5. The van der Waals surface area contributed by atoms with Gasteiger partial charge < -0.3 is 14.8 Å². The Kier molecular flexibility index (Phi) is 5.38. The lowest BCUT2D eigenvalue weighted by Crippen LogP contribution is -2.31. The van der Waals surface area contributed by atoms with E-state index in [1.807, 2.05) is 12.1 Å². The average molecular weight is 298 g/mol. The van der Waals surface area contributed by atoms with Gasteiger partial charge in [0, 0.05) is 18.2 Å². The Hall–Kier alpha value is -1.59. The normalized spacial score (nSPS) is 17.8. The minimum atomic E-state index is -0.515. The van der Waals surface area contributed by atoms with Gasteiger partial charge in [-0.05, 0) is 30.5 Å². The van der Waals surface area contributed by atoms with Gasteiger partial charge in [-0.25, -0.2) is 4.79 Å². The molecule has 1 aliphatic rings. The second kappa shape index (κ2) is 7.26. The van der Waals surface area contributed by atoms with Crippen LogP contribution in [0.1, 0.15) is 18.4 Å². The molecule has 1 fully saturated rings.